The molecule has 116 valence electrons. The molecule has 2 rings (SSSR count). The number of thiazole rings is 1. The lowest BCUT2D eigenvalue weighted by Crippen LogP contribution is -2.45. The number of aryl methyl sites for hydroxylation is 1. The molecule has 0 saturated heterocycles. The first-order valence-corrected chi connectivity index (χ1v) is 7.59. The summed E-state index contributed by atoms with van der Waals surface area (Å²) in [5.41, 5.74) is 0.472. The number of nitrogens with zero attached hydrogens (tertiary/aromatic N) is 1. The summed E-state index contributed by atoms with van der Waals surface area (Å²) in [4.78, 5) is 27.1. The van der Waals surface area contributed by atoms with Gasteiger partial charge in [0.15, 0.2) is 0 Å². The number of urea groups is 1. The number of nitrogens with one attached hydrogen (secondary N) is 2. The standard InChI is InChI=1S/C13H19N3O4S/c1-7-11(12(17)18)21-10(15-7)6-14-13(19)16-8-4-3-5-9(8)20-2/h8-9H,3-6H2,1-2H3,(H,17,18)(H2,14,16,19). The molecule has 0 spiro atoms. The smallest absolute Gasteiger partial charge is 0.347 e. The predicted molar refractivity (Wildman–Crippen MR) is 77.6 cm³/mol. The highest BCUT2D eigenvalue weighted by Crippen LogP contribution is 2.21. The van der Waals surface area contributed by atoms with E-state index in [0.717, 1.165) is 30.6 Å². The van der Waals surface area contributed by atoms with Crippen molar-refractivity contribution in [1.82, 2.24) is 15.6 Å². The Labute approximate surface area is 126 Å². The highest BCUT2D eigenvalue weighted by atomic mass is 32.1. The normalized spacial score (nSPS) is 21.2. The highest BCUT2D eigenvalue weighted by molar-refractivity contribution is 7.13. The minimum absolute atomic E-state index is 0.0302. The van der Waals surface area contributed by atoms with Crippen LogP contribution in [0.4, 0.5) is 4.79 Å². The van der Waals surface area contributed by atoms with Crippen LogP contribution < -0.4 is 10.6 Å². The van der Waals surface area contributed by atoms with Crippen molar-refractivity contribution in [2.24, 2.45) is 0 Å². The molecule has 0 bridgehead atoms. The van der Waals surface area contributed by atoms with Crippen molar-refractivity contribution < 1.29 is 19.4 Å². The van der Waals surface area contributed by atoms with Gasteiger partial charge in [0.1, 0.15) is 9.88 Å². The molecule has 1 aliphatic rings. The van der Waals surface area contributed by atoms with E-state index in [4.69, 9.17) is 9.84 Å². The number of ether oxygens (including phenoxy) is 1. The number of aromatic carboxylic acids is 1. The van der Waals surface area contributed by atoms with Gasteiger partial charge in [-0.3, -0.25) is 0 Å². The van der Waals surface area contributed by atoms with Gasteiger partial charge < -0.3 is 20.5 Å². The lowest BCUT2D eigenvalue weighted by molar-refractivity contribution is 0.0701. The number of methoxy groups -OCH3 is 1. The Morgan fingerprint density at radius 1 is 1.48 bits per heavy atom. The summed E-state index contributed by atoms with van der Waals surface area (Å²) in [6.45, 7) is 1.86. The Kier molecular flexibility index (Phi) is 5.13. The molecule has 1 aromatic heterocycles. The maximum absolute atomic E-state index is 11.8. The fraction of sp³-hybridized carbons (Fsp3) is 0.615. The topological polar surface area (TPSA) is 101 Å². The van der Waals surface area contributed by atoms with Crippen LogP contribution in [0.15, 0.2) is 0 Å². The zero-order chi connectivity index (χ0) is 15.4. The molecule has 2 atom stereocenters. The summed E-state index contributed by atoms with van der Waals surface area (Å²) < 4.78 is 5.31. The van der Waals surface area contributed by atoms with Crippen LogP contribution in [-0.4, -0.2) is 41.3 Å². The van der Waals surface area contributed by atoms with E-state index in [9.17, 15) is 9.59 Å². The van der Waals surface area contributed by atoms with Gasteiger partial charge >= 0.3 is 12.0 Å². The van der Waals surface area contributed by atoms with E-state index in [0.29, 0.717) is 10.7 Å². The van der Waals surface area contributed by atoms with Crippen molar-refractivity contribution in [2.45, 2.75) is 44.9 Å². The molecular formula is C13H19N3O4S. The fourth-order valence-corrected chi connectivity index (χ4v) is 3.32. The molecule has 0 radical (unpaired) electrons. The van der Waals surface area contributed by atoms with Crippen molar-refractivity contribution in [1.29, 1.82) is 0 Å². The first-order chi connectivity index (χ1) is 10.0. The molecule has 1 aliphatic carbocycles. The average molecular weight is 313 g/mol. The van der Waals surface area contributed by atoms with Gasteiger partial charge in [-0.2, -0.15) is 0 Å². The molecule has 8 heteroatoms. The Morgan fingerprint density at radius 3 is 2.86 bits per heavy atom. The van der Waals surface area contributed by atoms with Gasteiger partial charge in [0.2, 0.25) is 0 Å². The minimum Gasteiger partial charge on any atom is -0.477 e. The fourth-order valence-electron chi connectivity index (χ4n) is 2.47. The number of rotatable bonds is 5. The average Bonchev–Trinajstić information content (AvgIpc) is 3.02. The van der Waals surface area contributed by atoms with Crippen LogP contribution in [0.1, 0.15) is 39.6 Å². The minimum atomic E-state index is -0.991. The Balaban J connectivity index is 1.84. The third-order valence-corrected chi connectivity index (χ3v) is 4.65. The number of carbonyl (C=O) groups excluding carboxylic acids is 1. The Bertz CT molecular complexity index is 531. The lowest BCUT2D eigenvalue weighted by Gasteiger charge is -2.19. The maximum atomic E-state index is 11.8. The molecule has 7 nitrogen and oxygen atoms in total. The summed E-state index contributed by atoms with van der Waals surface area (Å²) in [5, 5.41) is 15.1. The van der Waals surface area contributed by atoms with Crippen LogP contribution in [0.2, 0.25) is 0 Å². The zero-order valence-electron chi connectivity index (χ0n) is 12.0. The number of aromatic nitrogens is 1. The number of amides is 2. The monoisotopic (exact) mass is 313 g/mol. The summed E-state index contributed by atoms with van der Waals surface area (Å²) in [6, 6.07) is -0.253. The van der Waals surface area contributed by atoms with Crippen LogP contribution in [0.5, 0.6) is 0 Å². The molecular weight excluding hydrogens is 294 g/mol. The van der Waals surface area contributed by atoms with E-state index in [1.54, 1.807) is 14.0 Å². The quantitative estimate of drug-likeness (QED) is 0.765. The largest absolute Gasteiger partial charge is 0.477 e. The SMILES string of the molecule is COC1CCCC1NC(=O)NCc1nc(C)c(C(=O)O)s1. The van der Waals surface area contributed by atoms with Gasteiger partial charge in [0.25, 0.3) is 0 Å². The van der Waals surface area contributed by atoms with Crippen LogP contribution in [-0.2, 0) is 11.3 Å². The van der Waals surface area contributed by atoms with E-state index < -0.39 is 5.97 Å². The second kappa shape index (κ2) is 6.86. The molecule has 1 heterocycles. The number of carboxylic acids is 1. The molecule has 0 aliphatic heterocycles. The molecule has 0 aromatic carbocycles. The molecule has 3 N–H and O–H groups in total. The number of carbonyl (C=O) groups is 2. The third kappa shape index (κ3) is 3.92. The summed E-state index contributed by atoms with van der Waals surface area (Å²) in [6.07, 6.45) is 2.97. The summed E-state index contributed by atoms with van der Waals surface area (Å²) in [7, 11) is 1.65. The van der Waals surface area contributed by atoms with Crippen LogP contribution in [0, 0.1) is 6.92 Å². The Hall–Kier alpha value is -1.67. The van der Waals surface area contributed by atoms with Gasteiger partial charge in [-0.05, 0) is 26.2 Å². The number of carboxylic acid groups (broad SMARTS) is 1. The van der Waals surface area contributed by atoms with E-state index in [2.05, 4.69) is 15.6 Å². The second-order valence-corrected chi connectivity index (χ2v) is 6.05. The predicted octanol–water partition coefficient (Wildman–Crippen LogP) is 1.52. The van der Waals surface area contributed by atoms with Crippen molar-refractivity contribution in [3.63, 3.8) is 0 Å². The number of hydrogen-bond donors (Lipinski definition) is 3. The van der Waals surface area contributed by atoms with Gasteiger partial charge in [0, 0.05) is 7.11 Å². The molecule has 2 amide bonds. The van der Waals surface area contributed by atoms with Gasteiger partial charge in [-0.15, -0.1) is 11.3 Å². The second-order valence-electron chi connectivity index (χ2n) is 4.97. The van der Waals surface area contributed by atoms with Crippen molar-refractivity contribution in [3.05, 3.63) is 15.6 Å². The Morgan fingerprint density at radius 2 is 2.24 bits per heavy atom. The van der Waals surface area contributed by atoms with Crippen molar-refractivity contribution in [2.75, 3.05) is 7.11 Å². The third-order valence-electron chi connectivity index (χ3n) is 3.51. The zero-order valence-corrected chi connectivity index (χ0v) is 12.8. The van der Waals surface area contributed by atoms with Crippen molar-refractivity contribution in [3.8, 4) is 0 Å². The van der Waals surface area contributed by atoms with E-state index in [1.165, 1.54) is 0 Å². The van der Waals surface area contributed by atoms with Crippen LogP contribution in [0.3, 0.4) is 0 Å². The van der Waals surface area contributed by atoms with E-state index in [1.807, 2.05) is 0 Å². The van der Waals surface area contributed by atoms with E-state index in [-0.39, 0.29) is 29.6 Å². The molecule has 1 aromatic rings. The van der Waals surface area contributed by atoms with Gasteiger partial charge in [-0.1, -0.05) is 0 Å². The lowest BCUT2D eigenvalue weighted by atomic mass is 10.2. The molecule has 21 heavy (non-hydrogen) atoms. The summed E-state index contributed by atoms with van der Waals surface area (Å²) in [5.74, 6) is -0.991. The maximum Gasteiger partial charge on any atom is 0.347 e. The van der Waals surface area contributed by atoms with Crippen LogP contribution in [0.25, 0.3) is 0 Å². The molecule has 1 saturated carbocycles. The van der Waals surface area contributed by atoms with Crippen molar-refractivity contribution >= 4 is 23.3 Å². The first-order valence-electron chi connectivity index (χ1n) is 6.78. The van der Waals surface area contributed by atoms with Crippen LogP contribution >= 0.6 is 11.3 Å². The summed E-state index contributed by atoms with van der Waals surface area (Å²) >= 11 is 1.08. The van der Waals surface area contributed by atoms with E-state index >= 15 is 0 Å². The van der Waals surface area contributed by atoms with Gasteiger partial charge in [0.05, 0.1) is 24.4 Å². The van der Waals surface area contributed by atoms with Gasteiger partial charge in [-0.25, -0.2) is 14.6 Å². The number of hydrogen-bond acceptors (Lipinski definition) is 5. The highest BCUT2D eigenvalue weighted by Gasteiger charge is 2.28. The first kappa shape index (κ1) is 15.7. The molecule has 1 fully saturated rings. The molecule has 2 unspecified atom stereocenters.